The fraction of sp³-hybridized carbons (Fsp3) is 0.217. The number of carbonyl (C=O) groups excluding carboxylic acids is 1. The number of amides is 1. The van der Waals surface area contributed by atoms with Gasteiger partial charge in [-0.3, -0.25) is 4.79 Å². The summed E-state index contributed by atoms with van der Waals surface area (Å²) in [6.07, 6.45) is 3.91. The third-order valence-electron chi connectivity index (χ3n) is 5.05. The van der Waals surface area contributed by atoms with Gasteiger partial charge >= 0.3 is 0 Å². The van der Waals surface area contributed by atoms with Crippen LogP contribution >= 0.6 is 0 Å². The highest BCUT2D eigenvalue weighted by Gasteiger charge is 2.15. The summed E-state index contributed by atoms with van der Waals surface area (Å²) in [4.78, 5) is 14.3. The number of halogens is 1. The number of nitrogens with one attached hydrogen (secondary N) is 1. The first kappa shape index (κ1) is 18.2. The first-order valence-electron chi connectivity index (χ1n) is 9.54. The van der Waals surface area contributed by atoms with Crippen LogP contribution in [0.1, 0.15) is 24.0 Å². The molecular formula is C23H22FN3O. The van der Waals surface area contributed by atoms with Crippen molar-refractivity contribution in [3.63, 3.8) is 0 Å². The first-order chi connectivity index (χ1) is 13.7. The molecular weight excluding hydrogens is 353 g/mol. The van der Waals surface area contributed by atoms with E-state index < -0.39 is 0 Å². The van der Waals surface area contributed by atoms with Crippen LogP contribution in [-0.4, -0.2) is 25.2 Å². The van der Waals surface area contributed by atoms with E-state index in [1.165, 1.54) is 12.3 Å². The van der Waals surface area contributed by atoms with Crippen molar-refractivity contribution in [1.82, 2.24) is 5.43 Å². The summed E-state index contributed by atoms with van der Waals surface area (Å²) < 4.78 is 14.3. The summed E-state index contributed by atoms with van der Waals surface area (Å²) in [7, 11) is 0. The maximum atomic E-state index is 14.3. The van der Waals surface area contributed by atoms with Crippen LogP contribution in [0.3, 0.4) is 0 Å². The minimum absolute atomic E-state index is 0.207. The summed E-state index contributed by atoms with van der Waals surface area (Å²) in [6.45, 7) is 1.79. The molecule has 1 amide bonds. The number of hydrogen-bond acceptors (Lipinski definition) is 3. The number of carbonyl (C=O) groups is 1. The van der Waals surface area contributed by atoms with Gasteiger partial charge in [0.1, 0.15) is 5.82 Å². The molecule has 0 bridgehead atoms. The smallest absolute Gasteiger partial charge is 0.244 e. The number of hydrazone groups is 1. The zero-order chi connectivity index (χ0) is 19.3. The summed E-state index contributed by atoms with van der Waals surface area (Å²) in [5, 5.41) is 6.14. The predicted molar refractivity (Wildman–Crippen MR) is 111 cm³/mol. The Kier molecular flexibility index (Phi) is 5.33. The van der Waals surface area contributed by atoms with E-state index in [9.17, 15) is 9.18 Å². The first-order valence-corrected chi connectivity index (χ1v) is 9.54. The quantitative estimate of drug-likeness (QED) is 0.535. The van der Waals surface area contributed by atoms with Crippen molar-refractivity contribution in [2.75, 3.05) is 18.0 Å². The second-order valence-corrected chi connectivity index (χ2v) is 7.01. The highest BCUT2D eigenvalue weighted by atomic mass is 19.1. The van der Waals surface area contributed by atoms with Gasteiger partial charge in [0.2, 0.25) is 5.91 Å². The van der Waals surface area contributed by atoms with Crippen molar-refractivity contribution >= 4 is 28.6 Å². The number of rotatable bonds is 5. The fourth-order valence-electron chi connectivity index (χ4n) is 3.66. The van der Waals surface area contributed by atoms with Gasteiger partial charge in [0.15, 0.2) is 0 Å². The topological polar surface area (TPSA) is 44.7 Å². The Morgan fingerprint density at radius 3 is 2.68 bits per heavy atom. The predicted octanol–water partition coefficient (Wildman–Crippen LogP) is 4.27. The molecule has 1 aliphatic rings. The minimum Gasteiger partial charge on any atom is -0.369 e. The van der Waals surface area contributed by atoms with E-state index in [-0.39, 0.29) is 18.1 Å². The number of hydrogen-bond donors (Lipinski definition) is 1. The summed E-state index contributed by atoms with van der Waals surface area (Å²) in [5.74, 6) is -0.463. The second-order valence-electron chi connectivity index (χ2n) is 7.01. The van der Waals surface area contributed by atoms with Crippen molar-refractivity contribution < 1.29 is 9.18 Å². The monoisotopic (exact) mass is 375 g/mol. The molecule has 1 heterocycles. The van der Waals surface area contributed by atoms with Gasteiger partial charge < -0.3 is 4.90 Å². The summed E-state index contributed by atoms with van der Waals surface area (Å²) >= 11 is 0. The largest absolute Gasteiger partial charge is 0.369 e. The van der Waals surface area contributed by atoms with E-state index in [1.54, 1.807) is 6.07 Å². The van der Waals surface area contributed by atoms with Crippen molar-refractivity contribution in [2.45, 2.75) is 19.3 Å². The van der Waals surface area contributed by atoms with Crippen molar-refractivity contribution in [1.29, 1.82) is 0 Å². The van der Waals surface area contributed by atoms with Crippen LogP contribution < -0.4 is 10.3 Å². The van der Waals surface area contributed by atoms with Gasteiger partial charge in [-0.15, -0.1) is 0 Å². The van der Waals surface area contributed by atoms with Gasteiger partial charge in [0.05, 0.1) is 18.3 Å². The molecule has 3 aromatic rings. The maximum absolute atomic E-state index is 14.3. The molecule has 3 aromatic carbocycles. The standard InChI is InChI=1S/C23H22FN3O/c24-21-14-17(10-11-22(21)27-12-3-4-13-27)16-25-26-23(28)15-19-8-5-7-18-6-1-2-9-20(18)19/h1-2,5-11,14,16H,3-4,12-13,15H2,(H,26,28)/b25-16-. The highest BCUT2D eigenvalue weighted by molar-refractivity contribution is 5.90. The lowest BCUT2D eigenvalue weighted by Gasteiger charge is -2.18. The Bertz CT molecular complexity index is 1020. The molecule has 0 aromatic heterocycles. The Balaban J connectivity index is 1.39. The number of fused-ring (bicyclic) bond motifs is 1. The van der Waals surface area contributed by atoms with Crippen LogP contribution in [-0.2, 0) is 11.2 Å². The Labute approximate surface area is 163 Å². The lowest BCUT2D eigenvalue weighted by molar-refractivity contribution is -0.120. The molecule has 0 spiro atoms. The van der Waals surface area contributed by atoms with Gasteiger partial charge in [-0.05, 0) is 46.9 Å². The minimum atomic E-state index is -0.257. The van der Waals surface area contributed by atoms with Crippen LogP contribution in [0.2, 0.25) is 0 Å². The van der Waals surface area contributed by atoms with Gasteiger partial charge in [0.25, 0.3) is 0 Å². The Morgan fingerprint density at radius 1 is 1.07 bits per heavy atom. The second kappa shape index (κ2) is 8.21. The van der Waals surface area contributed by atoms with E-state index in [0.717, 1.165) is 42.3 Å². The molecule has 0 saturated carbocycles. The molecule has 4 nitrogen and oxygen atoms in total. The molecule has 4 rings (SSSR count). The number of nitrogens with zero attached hydrogens (tertiary/aromatic N) is 2. The van der Waals surface area contributed by atoms with Crippen LogP contribution in [0.15, 0.2) is 65.8 Å². The SMILES string of the molecule is O=C(Cc1cccc2ccccc12)N/N=C\c1ccc(N2CCCC2)c(F)c1. The van der Waals surface area contributed by atoms with Gasteiger partial charge in [0, 0.05) is 13.1 Å². The third kappa shape index (κ3) is 4.03. The van der Waals surface area contributed by atoms with Crippen LogP contribution in [0.4, 0.5) is 10.1 Å². The van der Waals surface area contributed by atoms with E-state index >= 15 is 0 Å². The molecule has 0 radical (unpaired) electrons. The zero-order valence-corrected chi connectivity index (χ0v) is 15.6. The van der Waals surface area contributed by atoms with Gasteiger partial charge in [-0.2, -0.15) is 5.10 Å². The molecule has 1 aliphatic heterocycles. The molecule has 1 saturated heterocycles. The van der Waals surface area contributed by atoms with Crippen molar-refractivity contribution in [3.05, 3.63) is 77.6 Å². The van der Waals surface area contributed by atoms with Crippen LogP contribution in [0.25, 0.3) is 10.8 Å². The molecule has 0 atom stereocenters. The molecule has 142 valence electrons. The van der Waals surface area contributed by atoms with Crippen LogP contribution in [0, 0.1) is 5.82 Å². The van der Waals surface area contributed by atoms with E-state index in [4.69, 9.17) is 0 Å². The van der Waals surface area contributed by atoms with E-state index in [1.807, 2.05) is 48.5 Å². The maximum Gasteiger partial charge on any atom is 0.244 e. The van der Waals surface area contributed by atoms with Crippen molar-refractivity contribution in [3.8, 4) is 0 Å². The van der Waals surface area contributed by atoms with Gasteiger partial charge in [-0.1, -0.05) is 48.5 Å². The molecule has 0 aliphatic carbocycles. The lowest BCUT2D eigenvalue weighted by atomic mass is 10.0. The van der Waals surface area contributed by atoms with E-state index in [2.05, 4.69) is 15.4 Å². The molecule has 1 N–H and O–H groups in total. The third-order valence-corrected chi connectivity index (χ3v) is 5.05. The number of benzene rings is 3. The van der Waals surface area contributed by atoms with E-state index in [0.29, 0.717) is 11.3 Å². The molecule has 0 unspecified atom stereocenters. The Hall–Kier alpha value is -3.21. The Morgan fingerprint density at radius 2 is 1.86 bits per heavy atom. The van der Waals surface area contributed by atoms with Crippen molar-refractivity contribution in [2.24, 2.45) is 5.10 Å². The molecule has 5 heteroatoms. The van der Waals surface area contributed by atoms with Crippen LogP contribution in [0.5, 0.6) is 0 Å². The highest BCUT2D eigenvalue weighted by Crippen LogP contribution is 2.24. The average molecular weight is 375 g/mol. The zero-order valence-electron chi connectivity index (χ0n) is 15.6. The molecule has 1 fully saturated rings. The molecule has 28 heavy (non-hydrogen) atoms. The normalized spacial score (nSPS) is 14.1. The lowest BCUT2D eigenvalue weighted by Crippen LogP contribution is -2.20. The fourth-order valence-corrected chi connectivity index (χ4v) is 3.66. The summed E-state index contributed by atoms with van der Waals surface area (Å²) in [6, 6.07) is 18.9. The number of anilines is 1. The summed E-state index contributed by atoms with van der Waals surface area (Å²) in [5.41, 5.74) is 4.73. The average Bonchev–Trinajstić information content (AvgIpc) is 3.23. The van der Waals surface area contributed by atoms with Gasteiger partial charge in [-0.25, -0.2) is 9.82 Å².